The van der Waals surface area contributed by atoms with Gasteiger partial charge in [0.2, 0.25) is 0 Å². The van der Waals surface area contributed by atoms with E-state index in [2.05, 4.69) is 34.7 Å². The van der Waals surface area contributed by atoms with Gasteiger partial charge in [-0.2, -0.15) is 13.2 Å². The van der Waals surface area contributed by atoms with Crippen LogP contribution in [-0.2, 0) is 6.42 Å². The first-order valence-corrected chi connectivity index (χ1v) is 11.0. The SMILES string of the molecule is CCNC(=NCC(C)Cc1cccs1)N1CCC(CN(CC)CC(F)(F)F)C1. The maximum atomic E-state index is 12.7. The van der Waals surface area contributed by atoms with E-state index < -0.39 is 12.7 Å². The van der Waals surface area contributed by atoms with Crippen molar-refractivity contribution in [2.75, 3.05) is 45.8 Å². The van der Waals surface area contributed by atoms with E-state index in [1.54, 1.807) is 18.3 Å². The highest BCUT2D eigenvalue weighted by Crippen LogP contribution is 2.22. The summed E-state index contributed by atoms with van der Waals surface area (Å²) in [5.41, 5.74) is 0. The Morgan fingerprint density at radius 1 is 1.43 bits per heavy atom. The Morgan fingerprint density at radius 2 is 2.21 bits per heavy atom. The lowest BCUT2D eigenvalue weighted by Crippen LogP contribution is -2.42. The molecule has 2 atom stereocenters. The fraction of sp³-hybridized carbons (Fsp3) is 0.750. The summed E-state index contributed by atoms with van der Waals surface area (Å²) < 4.78 is 38.1. The number of hydrogen-bond donors (Lipinski definition) is 1. The summed E-state index contributed by atoms with van der Waals surface area (Å²) in [6, 6.07) is 4.23. The summed E-state index contributed by atoms with van der Waals surface area (Å²) in [6.45, 7) is 9.26. The number of aliphatic imine (C=N–C) groups is 1. The van der Waals surface area contributed by atoms with Gasteiger partial charge >= 0.3 is 6.18 Å². The van der Waals surface area contributed by atoms with E-state index in [-0.39, 0.29) is 5.92 Å². The molecule has 0 saturated carbocycles. The van der Waals surface area contributed by atoms with Crippen LogP contribution in [0.15, 0.2) is 22.5 Å². The molecule has 0 bridgehead atoms. The third-order valence-electron chi connectivity index (χ3n) is 4.97. The number of alkyl halides is 3. The number of rotatable bonds is 9. The van der Waals surface area contributed by atoms with Crippen LogP contribution in [0.3, 0.4) is 0 Å². The lowest BCUT2D eigenvalue weighted by Gasteiger charge is -2.26. The van der Waals surface area contributed by atoms with E-state index in [1.807, 2.05) is 6.92 Å². The minimum absolute atomic E-state index is 0.245. The molecule has 2 rings (SSSR count). The van der Waals surface area contributed by atoms with Gasteiger partial charge in [-0.3, -0.25) is 9.89 Å². The van der Waals surface area contributed by atoms with Crippen LogP contribution in [0.5, 0.6) is 0 Å². The van der Waals surface area contributed by atoms with Crippen molar-refractivity contribution in [3.05, 3.63) is 22.4 Å². The molecule has 8 heteroatoms. The topological polar surface area (TPSA) is 30.9 Å². The first-order chi connectivity index (χ1) is 13.3. The van der Waals surface area contributed by atoms with Crippen molar-refractivity contribution in [1.82, 2.24) is 15.1 Å². The number of hydrogen-bond acceptors (Lipinski definition) is 3. The molecule has 1 fully saturated rings. The summed E-state index contributed by atoms with van der Waals surface area (Å²) >= 11 is 1.77. The van der Waals surface area contributed by atoms with Crippen LogP contribution < -0.4 is 5.32 Å². The van der Waals surface area contributed by atoms with E-state index in [4.69, 9.17) is 4.99 Å². The number of thiophene rings is 1. The molecular formula is C20H33F3N4S. The summed E-state index contributed by atoms with van der Waals surface area (Å²) in [7, 11) is 0. The van der Waals surface area contributed by atoms with E-state index in [0.29, 0.717) is 19.0 Å². The molecule has 1 saturated heterocycles. The molecule has 1 aromatic rings. The molecule has 160 valence electrons. The van der Waals surface area contributed by atoms with Crippen LogP contribution >= 0.6 is 11.3 Å². The number of nitrogens with zero attached hydrogens (tertiary/aromatic N) is 3. The van der Waals surface area contributed by atoms with Gasteiger partial charge in [0.15, 0.2) is 5.96 Å². The Kier molecular flexibility index (Phi) is 9.08. The Labute approximate surface area is 170 Å². The van der Waals surface area contributed by atoms with Crippen molar-refractivity contribution >= 4 is 17.3 Å². The van der Waals surface area contributed by atoms with Crippen LogP contribution in [0.4, 0.5) is 13.2 Å². The van der Waals surface area contributed by atoms with Crippen LogP contribution in [0.2, 0.25) is 0 Å². The Bertz CT molecular complexity index is 589. The average molecular weight is 419 g/mol. The minimum Gasteiger partial charge on any atom is -0.357 e. The molecule has 2 heterocycles. The maximum Gasteiger partial charge on any atom is 0.401 e. The quantitative estimate of drug-likeness (QED) is 0.484. The molecule has 1 N–H and O–H groups in total. The predicted molar refractivity (Wildman–Crippen MR) is 111 cm³/mol. The van der Waals surface area contributed by atoms with E-state index >= 15 is 0 Å². The van der Waals surface area contributed by atoms with Gasteiger partial charge in [0, 0.05) is 37.6 Å². The van der Waals surface area contributed by atoms with E-state index in [9.17, 15) is 13.2 Å². The van der Waals surface area contributed by atoms with Crippen molar-refractivity contribution in [3.63, 3.8) is 0 Å². The molecule has 0 aliphatic carbocycles. The summed E-state index contributed by atoms with van der Waals surface area (Å²) in [6.07, 6.45) is -2.21. The fourth-order valence-electron chi connectivity index (χ4n) is 3.60. The summed E-state index contributed by atoms with van der Waals surface area (Å²) in [5.74, 6) is 1.59. The normalized spacial score (nSPS) is 19.5. The first kappa shape index (κ1) is 23.0. The Balaban J connectivity index is 1.87. The summed E-state index contributed by atoms with van der Waals surface area (Å²) in [4.78, 5) is 9.89. The van der Waals surface area contributed by atoms with Crippen molar-refractivity contribution < 1.29 is 13.2 Å². The van der Waals surface area contributed by atoms with Gasteiger partial charge in [-0.15, -0.1) is 11.3 Å². The minimum atomic E-state index is -4.14. The highest BCUT2D eigenvalue weighted by Gasteiger charge is 2.33. The standard InChI is InChI=1S/C20H33F3N4S/c1-4-24-19(25-12-16(3)11-18-7-6-10-28-18)27-9-8-17(14-27)13-26(5-2)15-20(21,22)23/h6-7,10,16-17H,4-5,8-9,11-15H2,1-3H3,(H,24,25). The average Bonchev–Trinajstić information content (AvgIpc) is 3.29. The largest absolute Gasteiger partial charge is 0.401 e. The lowest BCUT2D eigenvalue weighted by atomic mass is 10.1. The monoisotopic (exact) mass is 418 g/mol. The van der Waals surface area contributed by atoms with Gasteiger partial charge in [-0.25, -0.2) is 0 Å². The second kappa shape index (κ2) is 11.0. The molecule has 0 radical (unpaired) electrons. The van der Waals surface area contributed by atoms with Crippen LogP contribution in [0.25, 0.3) is 0 Å². The first-order valence-electron chi connectivity index (χ1n) is 10.2. The van der Waals surface area contributed by atoms with Crippen molar-refractivity contribution in [3.8, 4) is 0 Å². The third-order valence-corrected chi connectivity index (χ3v) is 5.87. The molecule has 4 nitrogen and oxygen atoms in total. The number of likely N-dealkylation sites (tertiary alicyclic amines) is 1. The van der Waals surface area contributed by atoms with Crippen molar-refractivity contribution in [2.24, 2.45) is 16.8 Å². The fourth-order valence-corrected chi connectivity index (χ4v) is 4.47. The van der Waals surface area contributed by atoms with E-state index in [1.165, 1.54) is 9.78 Å². The third kappa shape index (κ3) is 7.99. The van der Waals surface area contributed by atoms with Gasteiger partial charge < -0.3 is 10.2 Å². The highest BCUT2D eigenvalue weighted by atomic mass is 32.1. The molecular weight excluding hydrogens is 385 g/mol. The van der Waals surface area contributed by atoms with Gasteiger partial charge in [0.05, 0.1) is 6.54 Å². The van der Waals surface area contributed by atoms with Crippen molar-refractivity contribution in [2.45, 2.75) is 39.8 Å². The molecule has 1 aliphatic heterocycles. The molecule has 1 aromatic heterocycles. The smallest absolute Gasteiger partial charge is 0.357 e. The Morgan fingerprint density at radius 3 is 2.82 bits per heavy atom. The van der Waals surface area contributed by atoms with Gasteiger partial charge in [-0.05, 0) is 49.6 Å². The molecule has 1 aliphatic rings. The highest BCUT2D eigenvalue weighted by molar-refractivity contribution is 7.09. The van der Waals surface area contributed by atoms with Gasteiger partial charge in [-0.1, -0.05) is 19.9 Å². The second-order valence-corrected chi connectivity index (χ2v) is 8.66. The zero-order valence-electron chi connectivity index (χ0n) is 17.1. The lowest BCUT2D eigenvalue weighted by molar-refractivity contribution is -0.146. The van der Waals surface area contributed by atoms with E-state index in [0.717, 1.165) is 45.0 Å². The zero-order chi connectivity index (χ0) is 20.6. The maximum absolute atomic E-state index is 12.7. The number of guanidine groups is 1. The van der Waals surface area contributed by atoms with Crippen LogP contribution in [0.1, 0.15) is 32.1 Å². The summed E-state index contributed by atoms with van der Waals surface area (Å²) in [5, 5.41) is 5.45. The van der Waals surface area contributed by atoms with Crippen LogP contribution in [-0.4, -0.2) is 67.7 Å². The molecule has 0 spiro atoms. The molecule has 0 amide bonds. The molecule has 2 unspecified atom stereocenters. The Hall–Kier alpha value is -1.28. The van der Waals surface area contributed by atoms with Crippen molar-refractivity contribution in [1.29, 1.82) is 0 Å². The van der Waals surface area contributed by atoms with Gasteiger partial charge in [0.1, 0.15) is 0 Å². The molecule has 0 aromatic carbocycles. The predicted octanol–water partition coefficient (Wildman–Crippen LogP) is 4.10. The van der Waals surface area contributed by atoms with Gasteiger partial charge in [0.25, 0.3) is 0 Å². The molecule has 28 heavy (non-hydrogen) atoms. The number of nitrogens with one attached hydrogen (secondary N) is 1. The zero-order valence-corrected chi connectivity index (χ0v) is 18.0. The second-order valence-electron chi connectivity index (χ2n) is 7.63. The number of halogens is 3. The van der Waals surface area contributed by atoms with Crippen LogP contribution in [0, 0.1) is 11.8 Å².